The van der Waals surface area contributed by atoms with Gasteiger partial charge in [0.15, 0.2) is 5.96 Å². The van der Waals surface area contributed by atoms with Crippen LogP contribution in [0.25, 0.3) is 0 Å². The van der Waals surface area contributed by atoms with Crippen LogP contribution in [-0.2, 0) is 0 Å². The first-order valence-corrected chi connectivity index (χ1v) is 4.99. The second-order valence-corrected chi connectivity index (χ2v) is 4.66. The lowest BCUT2D eigenvalue weighted by molar-refractivity contribution is 0.229. The van der Waals surface area contributed by atoms with Crippen molar-refractivity contribution in [1.29, 1.82) is 0 Å². The molecule has 1 rings (SSSR count). The fourth-order valence-electron chi connectivity index (χ4n) is 1.59. The summed E-state index contributed by atoms with van der Waals surface area (Å²) in [4.78, 5) is 6.38. The molecule has 0 spiro atoms. The maximum atomic E-state index is 5.74. The van der Waals surface area contributed by atoms with Gasteiger partial charge in [0.1, 0.15) is 0 Å². The number of nitrogens with two attached hydrogens (primary N) is 1. The van der Waals surface area contributed by atoms with E-state index in [2.05, 4.69) is 30.7 Å². The maximum absolute atomic E-state index is 5.74. The van der Waals surface area contributed by atoms with Gasteiger partial charge in [-0.05, 0) is 25.7 Å². The molecule has 0 aromatic heterocycles. The first-order chi connectivity index (χ1) is 5.96. The van der Waals surface area contributed by atoms with Crippen molar-refractivity contribution >= 4 is 5.96 Å². The van der Waals surface area contributed by atoms with Crippen molar-refractivity contribution in [1.82, 2.24) is 4.90 Å². The maximum Gasteiger partial charge on any atom is 0.191 e. The van der Waals surface area contributed by atoms with E-state index in [1.54, 1.807) is 0 Å². The molecule has 1 aliphatic rings. The van der Waals surface area contributed by atoms with Gasteiger partial charge in [0.25, 0.3) is 0 Å². The largest absolute Gasteiger partial charge is 0.370 e. The highest BCUT2D eigenvalue weighted by Gasteiger charge is 2.34. The number of aliphatic imine (C=N–C) groups is 1. The normalized spacial score (nSPS) is 28.4. The number of nitrogens with zero attached hydrogens (tertiary/aromatic N) is 2. The van der Waals surface area contributed by atoms with Crippen LogP contribution < -0.4 is 5.73 Å². The van der Waals surface area contributed by atoms with Gasteiger partial charge in [-0.2, -0.15) is 0 Å². The van der Waals surface area contributed by atoms with Crippen LogP contribution in [0, 0.1) is 5.92 Å². The van der Waals surface area contributed by atoms with Crippen LogP contribution in [-0.4, -0.2) is 30.0 Å². The van der Waals surface area contributed by atoms with Gasteiger partial charge in [-0.1, -0.05) is 13.8 Å². The summed E-state index contributed by atoms with van der Waals surface area (Å²) in [6.07, 6.45) is 2.41. The summed E-state index contributed by atoms with van der Waals surface area (Å²) in [7, 11) is 2.03. The third kappa shape index (κ3) is 2.14. The molecule has 0 saturated carbocycles. The zero-order valence-corrected chi connectivity index (χ0v) is 9.17. The Hall–Kier alpha value is -0.730. The van der Waals surface area contributed by atoms with Crippen LogP contribution in [0.2, 0.25) is 0 Å². The Morgan fingerprint density at radius 1 is 1.62 bits per heavy atom. The second kappa shape index (κ2) is 3.56. The molecule has 76 valence electrons. The molecule has 0 aromatic carbocycles. The molecular weight excluding hydrogens is 162 g/mol. The summed E-state index contributed by atoms with van der Waals surface area (Å²) in [5.74, 6) is 1.44. The topological polar surface area (TPSA) is 41.6 Å². The lowest BCUT2D eigenvalue weighted by Gasteiger charge is -2.33. The lowest BCUT2D eigenvalue weighted by Crippen LogP contribution is -2.47. The van der Waals surface area contributed by atoms with E-state index in [0.29, 0.717) is 5.96 Å². The fraction of sp³-hybridized carbons (Fsp3) is 0.900. The molecule has 1 aliphatic heterocycles. The molecule has 13 heavy (non-hydrogen) atoms. The lowest BCUT2D eigenvalue weighted by atomic mass is 9.91. The van der Waals surface area contributed by atoms with Crippen molar-refractivity contribution in [3.63, 3.8) is 0 Å². The standard InChI is InChI=1S/C10H21N3/c1-8(2)5-6-10(3)7-12-9(11)13(10)4/h8H,5-7H2,1-4H3,(H2,11,12). The number of guanidine groups is 1. The fourth-order valence-corrected chi connectivity index (χ4v) is 1.59. The average Bonchev–Trinajstić information content (AvgIpc) is 2.31. The summed E-state index contributed by atoms with van der Waals surface area (Å²) in [6.45, 7) is 7.59. The van der Waals surface area contributed by atoms with E-state index in [1.165, 1.54) is 12.8 Å². The van der Waals surface area contributed by atoms with Crippen LogP contribution in [0.3, 0.4) is 0 Å². The van der Waals surface area contributed by atoms with Crippen LogP contribution in [0.5, 0.6) is 0 Å². The predicted molar refractivity (Wildman–Crippen MR) is 56.7 cm³/mol. The molecule has 0 radical (unpaired) electrons. The van der Waals surface area contributed by atoms with Crippen molar-refractivity contribution in [2.45, 2.75) is 39.2 Å². The van der Waals surface area contributed by atoms with Crippen molar-refractivity contribution in [3.8, 4) is 0 Å². The molecule has 2 N–H and O–H groups in total. The number of rotatable bonds is 3. The van der Waals surface area contributed by atoms with Crippen molar-refractivity contribution in [3.05, 3.63) is 0 Å². The van der Waals surface area contributed by atoms with Crippen LogP contribution in [0.4, 0.5) is 0 Å². The number of hydrogen-bond acceptors (Lipinski definition) is 3. The Morgan fingerprint density at radius 3 is 2.62 bits per heavy atom. The van der Waals surface area contributed by atoms with E-state index < -0.39 is 0 Å². The van der Waals surface area contributed by atoms with Crippen molar-refractivity contribution in [2.24, 2.45) is 16.6 Å². The average molecular weight is 183 g/mol. The van der Waals surface area contributed by atoms with Crippen LogP contribution >= 0.6 is 0 Å². The Bertz CT molecular complexity index is 210. The van der Waals surface area contributed by atoms with Crippen LogP contribution in [0.1, 0.15) is 33.6 Å². The minimum absolute atomic E-state index is 0.161. The molecule has 0 amide bonds. The Balaban J connectivity index is 2.50. The van der Waals surface area contributed by atoms with Crippen LogP contribution in [0.15, 0.2) is 4.99 Å². The zero-order chi connectivity index (χ0) is 10.1. The molecule has 0 saturated heterocycles. The summed E-state index contributed by atoms with van der Waals surface area (Å²) < 4.78 is 0. The summed E-state index contributed by atoms with van der Waals surface area (Å²) in [5, 5.41) is 0. The van der Waals surface area contributed by atoms with E-state index in [0.717, 1.165) is 12.5 Å². The van der Waals surface area contributed by atoms with E-state index in [-0.39, 0.29) is 5.54 Å². The summed E-state index contributed by atoms with van der Waals surface area (Å²) in [6, 6.07) is 0. The van der Waals surface area contributed by atoms with Gasteiger partial charge < -0.3 is 10.6 Å². The Morgan fingerprint density at radius 2 is 2.23 bits per heavy atom. The summed E-state index contributed by atoms with van der Waals surface area (Å²) >= 11 is 0. The number of likely N-dealkylation sites (N-methyl/N-ethyl adjacent to an activating group) is 1. The van der Waals surface area contributed by atoms with Gasteiger partial charge in [0, 0.05) is 7.05 Å². The smallest absolute Gasteiger partial charge is 0.191 e. The summed E-state index contributed by atoms with van der Waals surface area (Å²) in [5.41, 5.74) is 5.90. The van der Waals surface area contributed by atoms with Crippen molar-refractivity contribution < 1.29 is 0 Å². The van der Waals surface area contributed by atoms with Gasteiger partial charge in [-0.15, -0.1) is 0 Å². The van der Waals surface area contributed by atoms with E-state index in [4.69, 9.17) is 5.73 Å². The van der Waals surface area contributed by atoms with Gasteiger partial charge >= 0.3 is 0 Å². The molecule has 0 aliphatic carbocycles. The molecule has 3 nitrogen and oxygen atoms in total. The number of hydrogen-bond donors (Lipinski definition) is 1. The van der Waals surface area contributed by atoms with E-state index in [9.17, 15) is 0 Å². The molecule has 1 unspecified atom stereocenters. The Labute approximate surface area is 81.0 Å². The van der Waals surface area contributed by atoms with Gasteiger partial charge in [0.2, 0.25) is 0 Å². The molecule has 0 bridgehead atoms. The quantitative estimate of drug-likeness (QED) is 0.719. The van der Waals surface area contributed by atoms with Gasteiger partial charge in [0.05, 0.1) is 12.1 Å². The molecule has 1 heterocycles. The highest BCUT2D eigenvalue weighted by molar-refractivity contribution is 5.80. The minimum Gasteiger partial charge on any atom is -0.370 e. The first-order valence-electron chi connectivity index (χ1n) is 4.99. The third-order valence-electron chi connectivity index (χ3n) is 3.00. The predicted octanol–water partition coefficient (Wildman–Crippen LogP) is 1.44. The minimum atomic E-state index is 0.161. The Kier molecular flexibility index (Phi) is 2.84. The zero-order valence-electron chi connectivity index (χ0n) is 9.17. The molecule has 1 atom stereocenters. The van der Waals surface area contributed by atoms with Gasteiger partial charge in [-0.3, -0.25) is 4.99 Å². The monoisotopic (exact) mass is 183 g/mol. The first kappa shape index (κ1) is 10.4. The second-order valence-electron chi connectivity index (χ2n) is 4.66. The van der Waals surface area contributed by atoms with Crippen molar-refractivity contribution in [2.75, 3.05) is 13.6 Å². The third-order valence-corrected chi connectivity index (χ3v) is 3.00. The highest BCUT2D eigenvalue weighted by atomic mass is 15.3. The molecule has 0 fully saturated rings. The molecule has 0 aromatic rings. The molecular formula is C10H21N3. The van der Waals surface area contributed by atoms with E-state index in [1.807, 2.05) is 7.05 Å². The highest BCUT2D eigenvalue weighted by Crippen LogP contribution is 2.26. The SMILES string of the molecule is CC(C)CCC1(C)CN=C(N)N1C. The van der Waals surface area contributed by atoms with Gasteiger partial charge in [-0.25, -0.2) is 0 Å². The van der Waals surface area contributed by atoms with E-state index >= 15 is 0 Å². The molecule has 3 heteroatoms.